The van der Waals surface area contributed by atoms with E-state index in [9.17, 15) is 4.79 Å². The molecule has 1 N–H and O–H groups in total. The number of pyridine rings is 1. The van der Waals surface area contributed by atoms with E-state index >= 15 is 0 Å². The predicted octanol–water partition coefficient (Wildman–Crippen LogP) is 3.93. The summed E-state index contributed by atoms with van der Waals surface area (Å²) in [5.74, 6) is 1.72. The zero-order valence-corrected chi connectivity index (χ0v) is 16.1. The van der Waals surface area contributed by atoms with Crippen molar-refractivity contribution in [3.8, 4) is 0 Å². The summed E-state index contributed by atoms with van der Waals surface area (Å²) < 4.78 is 1.93. The molecule has 2 aromatic heterocycles. The van der Waals surface area contributed by atoms with Gasteiger partial charge in [-0.3, -0.25) is 9.20 Å². The number of aromatic nitrogens is 3. The highest BCUT2D eigenvalue weighted by atomic mass is 35.5. The summed E-state index contributed by atoms with van der Waals surface area (Å²) in [4.78, 5) is 12.5. The van der Waals surface area contributed by atoms with Crippen molar-refractivity contribution in [3.63, 3.8) is 0 Å². The standard InChI is InChI=1S/C19H21ClN4OS/c1-26-13-11-16(19-23-22-17-4-2-3-12-24(17)19)21-18(25)10-7-14-5-8-15(20)9-6-14/h2-6,8-9,12,16H,7,10-11,13H2,1H3,(H,21,25). The van der Waals surface area contributed by atoms with Crippen LogP contribution in [0.3, 0.4) is 0 Å². The summed E-state index contributed by atoms with van der Waals surface area (Å²) in [7, 11) is 0. The first-order valence-corrected chi connectivity index (χ1v) is 10.3. The molecule has 0 saturated heterocycles. The van der Waals surface area contributed by atoms with Crippen LogP contribution in [0.4, 0.5) is 0 Å². The van der Waals surface area contributed by atoms with E-state index in [1.54, 1.807) is 11.8 Å². The summed E-state index contributed by atoms with van der Waals surface area (Å²) in [6.07, 6.45) is 5.90. The lowest BCUT2D eigenvalue weighted by molar-refractivity contribution is -0.121. The third kappa shape index (κ3) is 4.77. The zero-order chi connectivity index (χ0) is 18.4. The van der Waals surface area contributed by atoms with E-state index in [4.69, 9.17) is 11.6 Å². The molecule has 0 aliphatic carbocycles. The molecular weight excluding hydrogens is 368 g/mol. The van der Waals surface area contributed by atoms with Crippen LogP contribution in [0.2, 0.25) is 5.02 Å². The largest absolute Gasteiger partial charge is 0.346 e. The number of nitrogens with zero attached hydrogens (tertiary/aromatic N) is 3. The van der Waals surface area contributed by atoms with E-state index in [2.05, 4.69) is 21.8 Å². The van der Waals surface area contributed by atoms with Crippen molar-refractivity contribution in [3.05, 3.63) is 65.1 Å². The Bertz CT molecular complexity index is 865. The number of fused-ring (bicyclic) bond motifs is 1. The van der Waals surface area contributed by atoms with E-state index in [0.29, 0.717) is 17.9 Å². The molecular formula is C19H21ClN4OS. The van der Waals surface area contributed by atoms with Crippen LogP contribution in [-0.4, -0.2) is 32.5 Å². The molecule has 1 unspecified atom stereocenters. The van der Waals surface area contributed by atoms with Gasteiger partial charge < -0.3 is 5.32 Å². The lowest BCUT2D eigenvalue weighted by Crippen LogP contribution is -2.30. The molecule has 0 spiro atoms. The molecule has 1 amide bonds. The lowest BCUT2D eigenvalue weighted by Gasteiger charge is -2.17. The summed E-state index contributed by atoms with van der Waals surface area (Å²) in [6, 6.07) is 13.2. The maximum absolute atomic E-state index is 12.5. The van der Waals surface area contributed by atoms with Gasteiger partial charge in [0.25, 0.3) is 0 Å². The number of hydrogen-bond donors (Lipinski definition) is 1. The molecule has 0 fully saturated rings. The van der Waals surface area contributed by atoms with E-state index in [-0.39, 0.29) is 11.9 Å². The number of carbonyl (C=O) groups is 1. The van der Waals surface area contributed by atoms with Gasteiger partial charge >= 0.3 is 0 Å². The highest BCUT2D eigenvalue weighted by Crippen LogP contribution is 2.19. The summed E-state index contributed by atoms with van der Waals surface area (Å²) >= 11 is 7.65. The summed E-state index contributed by atoms with van der Waals surface area (Å²) in [5, 5.41) is 12.3. The van der Waals surface area contributed by atoms with Gasteiger partial charge in [-0.25, -0.2) is 0 Å². The molecule has 2 heterocycles. The zero-order valence-electron chi connectivity index (χ0n) is 14.6. The van der Waals surface area contributed by atoms with E-state index < -0.39 is 0 Å². The van der Waals surface area contributed by atoms with Crippen LogP contribution in [0.25, 0.3) is 5.65 Å². The third-order valence-corrected chi connectivity index (χ3v) is 5.05. The van der Waals surface area contributed by atoms with Gasteiger partial charge in [-0.05, 0) is 54.7 Å². The fourth-order valence-corrected chi connectivity index (χ4v) is 3.37. The molecule has 3 rings (SSSR count). The van der Waals surface area contributed by atoms with Crippen LogP contribution < -0.4 is 5.32 Å². The predicted molar refractivity (Wildman–Crippen MR) is 107 cm³/mol. The van der Waals surface area contributed by atoms with E-state index in [0.717, 1.165) is 29.2 Å². The topological polar surface area (TPSA) is 59.3 Å². The van der Waals surface area contributed by atoms with Crippen LogP contribution >= 0.6 is 23.4 Å². The van der Waals surface area contributed by atoms with E-state index in [1.165, 1.54) is 0 Å². The Labute approximate surface area is 162 Å². The number of aryl methyl sites for hydroxylation is 1. The van der Waals surface area contributed by atoms with Crippen LogP contribution in [0.1, 0.15) is 30.3 Å². The second kappa shape index (κ2) is 9.05. The first-order chi connectivity index (χ1) is 12.7. The third-order valence-electron chi connectivity index (χ3n) is 4.15. The Kier molecular flexibility index (Phi) is 6.52. The molecule has 136 valence electrons. The van der Waals surface area contributed by atoms with Gasteiger partial charge in [-0.2, -0.15) is 11.8 Å². The number of amides is 1. The number of halogens is 1. The summed E-state index contributed by atoms with van der Waals surface area (Å²) in [5.41, 5.74) is 1.88. The number of carbonyl (C=O) groups excluding carboxylic acids is 1. The van der Waals surface area contributed by atoms with Gasteiger partial charge in [-0.1, -0.05) is 29.8 Å². The molecule has 0 saturated carbocycles. The molecule has 5 nitrogen and oxygen atoms in total. The number of benzene rings is 1. The fraction of sp³-hybridized carbons (Fsp3) is 0.316. The first-order valence-electron chi connectivity index (χ1n) is 8.50. The van der Waals surface area contributed by atoms with Crippen molar-refractivity contribution in [2.75, 3.05) is 12.0 Å². The maximum atomic E-state index is 12.5. The molecule has 7 heteroatoms. The Morgan fingerprint density at radius 1 is 1.23 bits per heavy atom. The number of rotatable bonds is 8. The monoisotopic (exact) mass is 388 g/mol. The Balaban J connectivity index is 1.67. The lowest BCUT2D eigenvalue weighted by atomic mass is 10.1. The van der Waals surface area contributed by atoms with Gasteiger partial charge in [-0.15, -0.1) is 10.2 Å². The normalized spacial score (nSPS) is 12.2. The van der Waals surface area contributed by atoms with Gasteiger partial charge in [0.1, 0.15) is 0 Å². The smallest absolute Gasteiger partial charge is 0.220 e. The van der Waals surface area contributed by atoms with Gasteiger partial charge in [0.2, 0.25) is 5.91 Å². The summed E-state index contributed by atoms with van der Waals surface area (Å²) in [6.45, 7) is 0. The van der Waals surface area contributed by atoms with Gasteiger partial charge in [0.05, 0.1) is 6.04 Å². The van der Waals surface area contributed by atoms with Crippen LogP contribution in [-0.2, 0) is 11.2 Å². The van der Waals surface area contributed by atoms with Gasteiger partial charge in [0, 0.05) is 17.6 Å². The second-order valence-electron chi connectivity index (χ2n) is 6.02. The SMILES string of the molecule is CSCCC(NC(=O)CCc1ccc(Cl)cc1)c1nnc2ccccn12. The molecule has 0 aliphatic rings. The quantitative estimate of drug-likeness (QED) is 0.635. The fourth-order valence-electron chi connectivity index (χ4n) is 2.77. The van der Waals surface area contributed by atoms with Crippen LogP contribution in [0.15, 0.2) is 48.7 Å². The molecule has 0 radical (unpaired) electrons. The van der Waals surface area contributed by atoms with Crippen molar-refractivity contribution in [1.82, 2.24) is 19.9 Å². The molecule has 0 aliphatic heterocycles. The molecule has 0 bridgehead atoms. The average Bonchev–Trinajstić information content (AvgIpc) is 3.09. The highest BCUT2D eigenvalue weighted by molar-refractivity contribution is 7.98. The van der Waals surface area contributed by atoms with Crippen molar-refractivity contribution >= 4 is 34.9 Å². The molecule has 1 atom stereocenters. The van der Waals surface area contributed by atoms with E-state index in [1.807, 2.05) is 53.1 Å². The van der Waals surface area contributed by atoms with Crippen molar-refractivity contribution < 1.29 is 4.79 Å². The molecule has 1 aromatic carbocycles. The van der Waals surface area contributed by atoms with Crippen molar-refractivity contribution in [1.29, 1.82) is 0 Å². The molecule has 3 aromatic rings. The number of thioether (sulfide) groups is 1. The number of hydrogen-bond acceptors (Lipinski definition) is 4. The van der Waals surface area contributed by atoms with Crippen molar-refractivity contribution in [2.24, 2.45) is 0 Å². The van der Waals surface area contributed by atoms with Crippen LogP contribution in [0, 0.1) is 0 Å². The second-order valence-corrected chi connectivity index (χ2v) is 7.44. The maximum Gasteiger partial charge on any atom is 0.220 e. The number of nitrogens with one attached hydrogen (secondary N) is 1. The first kappa shape index (κ1) is 18.7. The minimum atomic E-state index is -0.155. The Morgan fingerprint density at radius 2 is 2.04 bits per heavy atom. The Hall–Kier alpha value is -2.05. The minimum absolute atomic E-state index is 0.0127. The van der Waals surface area contributed by atoms with Gasteiger partial charge in [0.15, 0.2) is 11.5 Å². The average molecular weight is 389 g/mol. The minimum Gasteiger partial charge on any atom is -0.346 e. The molecule has 26 heavy (non-hydrogen) atoms. The Morgan fingerprint density at radius 3 is 2.81 bits per heavy atom. The van der Waals surface area contributed by atoms with Crippen LogP contribution in [0.5, 0.6) is 0 Å². The highest BCUT2D eigenvalue weighted by Gasteiger charge is 2.20. The van der Waals surface area contributed by atoms with Crippen molar-refractivity contribution in [2.45, 2.75) is 25.3 Å².